The molecule has 0 amide bonds. The quantitative estimate of drug-likeness (QED) is 0.639. The highest BCUT2D eigenvalue weighted by atomic mass is 79.9. The van der Waals surface area contributed by atoms with E-state index in [1.807, 2.05) is 0 Å². The molecule has 3 aromatic carbocycles. The third-order valence-corrected chi connectivity index (χ3v) is 4.47. The van der Waals surface area contributed by atoms with Gasteiger partial charge in [0, 0.05) is 10.2 Å². The van der Waals surface area contributed by atoms with E-state index in [4.69, 9.17) is 0 Å². The summed E-state index contributed by atoms with van der Waals surface area (Å²) in [6.45, 7) is 0. The summed E-state index contributed by atoms with van der Waals surface area (Å²) >= 11 is 3.55. The molecule has 1 nitrogen and oxygen atoms in total. The number of fused-ring (bicyclic) bond motifs is 2. The van der Waals surface area contributed by atoms with Crippen LogP contribution >= 0.6 is 15.9 Å². The Morgan fingerprint density at radius 2 is 1.70 bits per heavy atom. The maximum absolute atomic E-state index is 3.65. The molecule has 1 N–H and O–H groups in total. The van der Waals surface area contributed by atoms with Crippen LogP contribution in [0.2, 0.25) is 0 Å². The summed E-state index contributed by atoms with van der Waals surface area (Å²) in [5.74, 6) is 0. The van der Waals surface area contributed by atoms with Gasteiger partial charge < -0.3 is 5.32 Å². The molecule has 1 aliphatic heterocycles. The van der Waals surface area contributed by atoms with Crippen molar-refractivity contribution in [1.29, 1.82) is 0 Å². The highest BCUT2D eigenvalue weighted by Crippen LogP contribution is 2.37. The molecule has 1 heterocycles. The number of rotatable bonds is 1. The van der Waals surface area contributed by atoms with Crippen LogP contribution in [0.4, 0.5) is 5.69 Å². The summed E-state index contributed by atoms with van der Waals surface area (Å²) in [4.78, 5) is 0. The van der Waals surface area contributed by atoms with Crippen molar-refractivity contribution in [3.8, 4) is 0 Å². The second kappa shape index (κ2) is 4.64. The van der Waals surface area contributed by atoms with Gasteiger partial charge in [0.1, 0.15) is 0 Å². The van der Waals surface area contributed by atoms with Crippen molar-refractivity contribution in [2.45, 2.75) is 12.5 Å². The van der Waals surface area contributed by atoms with E-state index in [9.17, 15) is 0 Å². The molecule has 0 saturated carbocycles. The summed E-state index contributed by atoms with van der Waals surface area (Å²) in [5.41, 5.74) is 4.02. The van der Waals surface area contributed by atoms with Crippen LogP contribution in [0.3, 0.4) is 0 Å². The van der Waals surface area contributed by atoms with E-state index >= 15 is 0 Å². The Morgan fingerprint density at radius 1 is 0.900 bits per heavy atom. The van der Waals surface area contributed by atoms with Gasteiger partial charge in [-0.25, -0.2) is 0 Å². The molecule has 4 rings (SSSR count). The zero-order chi connectivity index (χ0) is 13.5. The first-order chi connectivity index (χ1) is 9.79. The fourth-order valence-electron chi connectivity index (χ4n) is 2.97. The summed E-state index contributed by atoms with van der Waals surface area (Å²) in [5, 5.41) is 6.27. The van der Waals surface area contributed by atoms with Crippen molar-refractivity contribution in [2.75, 3.05) is 5.32 Å². The molecule has 98 valence electrons. The second-order valence-electron chi connectivity index (χ2n) is 5.31. The minimum atomic E-state index is 0.374. The fourth-order valence-corrected chi connectivity index (χ4v) is 3.39. The van der Waals surface area contributed by atoms with E-state index in [-0.39, 0.29) is 0 Å². The minimum Gasteiger partial charge on any atom is -0.378 e. The molecule has 0 aromatic heterocycles. The Labute approximate surface area is 126 Å². The molecule has 0 radical (unpaired) electrons. The number of benzene rings is 3. The molecule has 3 aromatic rings. The summed E-state index contributed by atoms with van der Waals surface area (Å²) < 4.78 is 1.14. The lowest BCUT2D eigenvalue weighted by molar-refractivity contribution is 0.824. The SMILES string of the molecule is Brc1cccc(C2Cc3cc4ccccc4cc3N2)c1. The van der Waals surface area contributed by atoms with Crippen LogP contribution in [0.5, 0.6) is 0 Å². The van der Waals surface area contributed by atoms with E-state index < -0.39 is 0 Å². The predicted octanol–water partition coefficient (Wildman–Crippen LogP) is 5.31. The first kappa shape index (κ1) is 12.0. The molecule has 1 unspecified atom stereocenters. The molecule has 0 bridgehead atoms. The van der Waals surface area contributed by atoms with Crippen molar-refractivity contribution in [3.05, 3.63) is 76.3 Å². The van der Waals surface area contributed by atoms with Crippen LogP contribution in [-0.4, -0.2) is 0 Å². The van der Waals surface area contributed by atoms with Gasteiger partial charge in [-0.2, -0.15) is 0 Å². The predicted molar refractivity (Wildman–Crippen MR) is 88.2 cm³/mol. The Kier molecular flexibility index (Phi) is 2.78. The molecule has 1 aliphatic rings. The average Bonchev–Trinajstić information content (AvgIpc) is 2.87. The monoisotopic (exact) mass is 323 g/mol. The number of anilines is 1. The normalized spacial score (nSPS) is 16.9. The fraction of sp³-hybridized carbons (Fsp3) is 0.111. The molecule has 2 heteroatoms. The number of halogens is 1. The van der Waals surface area contributed by atoms with Gasteiger partial charge >= 0.3 is 0 Å². The Hall–Kier alpha value is -1.80. The van der Waals surface area contributed by atoms with Crippen molar-refractivity contribution >= 4 is 32.4 Å². The number of hydrogen-bond donors (Lipinski definition) is 1. The zero-order valence-corrected chi connectivity index (χ0v) is 12.5. The highest BCUT2D eigenvalue weighted by Gasteiger charge is 2.22. The third kappa shape index (κ3) is 2.01. The van der Waals surface area contributed by atoms with Gasteiger partial charge in [0.05, 0.1) is 6.04 Å². The van der Waals surface area contributed by atoms with Crippen LogP contribution in [0.1, 0.15) is 17.2 Å². The maximum atomic E-state index is 3.65. The smallest absolute Gasteiger partial charge is 0.0555 e. The van der Waals surface area contributed by atoms with Crippen molar-refractivity contribution in [1.82, 2.24) is 0 Å². The largest absolute Gasteiger partial charge is 0.378 e. The van der Waals surface area contributed by atoms with Gasteiger partial charge in [-0.15, -0.1) is 0 Å². The Balaban J connectivity index is 1.74. The van der Waals surface area contributed by atoms with Crippen molar-refractivity contribution in [3.63, 3.8) is 0 Å². The number of hydrogen-bond acceptors (Lipinski definition) is 1. The van der Waals surface area contributed by atoms with Crippen LogP contribution < -0.4 is 5.32 Å². The van der Waals surface area contributed by atoms with E-state index in [0.29, 0.717) is 6.04 Å². The van der Waals surface area contributed by atoms with Gasteiger partial charge in [-0.1, -0.05) is 52.3 Å². The van der Waals surface area contributed by atoms with Crippen molar-refractivity contribution in [2.24, 2.45) is 0 Å². The summed E-state index contributed by atoms with van der Waals surface area (Å²) in [7, 11) is 0. The third-order valence-electron chi connectivity index (χ3n) is 3.98. The van der Waals surface area contributed by atoms with E-state index in [1.165, 1.54) is 27.6 Å². The van der Waals surface area contributed by atoms with Gasteiger partial charge in [0.15, 0.2) is 0 Å². The van der Waals surface area contributed by atoms with Crippen LogP contribution in [-0.2, 0) is 6.42 Å². The van der Waals surface area contributed by atoms with Crippen LogP contribution in [0.15, 0.2) is 65.1 Å². The lowest BCUT2D eigenvalue weighted by Crippen LogP contribution is -2.05. The lowest BCUT2D eigenvalue weighted by Gasteiger charge is -2.11. The molecule has 0 spiro atoms. The second-order valence-corrected chi connectivity index (χ2v) is 6.23. The zero-order valence-electron chi connectivity index (χ0n) is 10.9. The highest BCUT2D eigenvalue weighted by molar-refractivity contribution is 9.10. The standard InChI is InChI=1S/C18H14BrN/c19-16-7-3-6-14(9-16)17-11-15-8-12-4-1-2-5-13(12)10-18(15)20-17/h1-10,17,20H,11H2. The van der Waals surface area contributed by atoms with Crippen molar-refractivity contribution < 1.29 is 0 Å². The van der Waals surface area contributed by atoms with Gasteiger partial charge in [-0.05, 0) is 52.6 Å². The molecular formula is C18H14BrN. The molecule has 0 saturated heterocycles. The summed E-state index contributed by atoms with van der Waals surface area (Å²) in [6.07, 6.45) is 1.05. The molecule has 1 atom stereocenters. The lowest BCUT2D eigenvalue weighted by atomic mass is 10.0. The minimum absolute atomic E-state index is 0.374. The summed E-state index contributed by atoms with van der Waals surface area (Å²) in [6, 6.07) is 22.1. The molecule has 0 aliphatic carbocycles. The first-order valence-corrected chi connectivity index (χ1v) is 7.62. The topological polar surface area (TPSA) is 12.0 Å². The Morgan fingerprint density at radius 3 is 2.50 bits per heavy atom. The maximum Gasteiger partial charge on any atom is 0.0555 e. The first-order valence-electron chi connectivity index (χ1n) is 6.83. The van der Waals surface area contributed by atoms with Gasteiger partial charge in [-0.3, -0.25) is 0 Å². The molecular weight excluding hydrogens is 310 g/mol. The molecule has 0 fully saturated rings. The van der Waals surface area contributed by atoms with Crippen LogP contribution in [0.25, 0.3) is 10.8 Å². The number of nitrogens with one attached hydrogen (secondary N) is 1. The van der Waals surface area contributed by atoms with Crippen LogP contribution in [0, 0.1) is 0 Å². The Bertz CT molecular complexity index is 750. The van der Waals surface area contributed by atoms with Gasteiger partial charge in [0.25, 0.3) is 0 Å². The van der Waals surface area contributed by atoms with E-state index in [2.05, 4.69) is 81.9 Å². The van der Waals surface area contributed by atoms with E-state index in [1.54, 1.807) is 0 Å². The van der Waals surface area contributed by atoms with Gasteiger partial charge in [0.2, 0.25) is 0 Å². The molecule has 20 heavy (non-hydrogen) atoms. The average molecular weight is 324 g/mol. The van der Waals surface area contributed by atoms with E-state index in [0.717, 1.165) is 10.9 Å².